The van der Waals surface area contributed by atoms with E-state index in [0.717, 1.165) is 19.0 Å². The van der Waals surface area contributed by atoms with Crippen molar-refractivity contribution in [1.82, 2.24) is 10.0 Å². The number of hydrogen-bond donors (Lipinski definition) is 2. The van der Waals surface area contributed by atoms with Gasteiger partial charge in [0.25, 0.3) is 5.69 Å². The highest BCUT2D eigenvalue weighted by Crippen LogP contribution is 2.23. The number of non-ortho nitro benzene ring substituents is 1. The van der Waals surface area contributed by atoms with Gasteiger partial charge >= 0.3 is 0 Å². The van der Waals surface area contributed by atoms with Crippen LogP contribution in [0.5, 0.6) is 0 Å². The van der Waals surface area contributed by atoms with E-state index in [9.17, 15) is 18.5 Å². The minimum absolute atomic E-state index is 0.0329. The Kier molecular flexibility index (Phi) is 4.60. The first kappa shape index (κ1) is 15.9. The van der Waals surface area contributed by atoms with E-state index in [-0.39, 0.29) is 22.5 Å². The van der Waals surface area contributed by atoms with Gasteiger partial charge in [0, 0.05) is 24.7 Å². The molecule has 2 N–H and O–H groups in total. The van der Waals surface area contributed by atoms with Gasteiger partial charge in [-0.25, -0.2) is 13.1 Å². The van der Waals surface area contributed by atoms with Gasteiger partial charge in [-0.15, -0.1) is 0 Å². The Morgan fingerprint density at radius 3 is 2.76 bits per heavy atom. The maximum absolute atomic E-state index is 12.5. The molecule has 1 heterocycles. The van der Waals surface area contributed by atoms with E-state index in [1.165, 1.54) is 12.1 Å². The number of nitrogens with one attached hydrogen (secondary N) is 2. The van der Waals surface area contributed by atoms with Crippen LogP contribution in [0, 0.1) is 23.0 Å². The van der Waals surface area contributed by atoms with E-state index in [0.29, 0.717) is 12.1 Å². The van der Waals surface area contributed by atoms with Crippen LogP contribution < -0.4 is 10.0 Å². The summed E-state index contributed by atoms with van der Waals surface area (Å²) in [4.78, 5) is 10.2. The fourth-order valence-corrected chi connectivity index (χ4v) is 4.01. The molecule has 1 aromatic carbocycles. The van der Waals surface area contributed by atoms with Crippen molar-refractivity contribution in [2.75, 3.05) is 13.1 Å². The van der Waals surface area contributed by atoms with Gasteiger partial charge < -0.3 is 5.32 Å². The fourth-order valence-electron chi connectivity index (χ4n) is 2.40. The van der Waals surface area contributed by atoms with Gasteiger partial charge in [0.05, 0.1) is 9.82 Å². The molecule has 1 fully saturated rings. The summed E-state index contributed by atoms with van der Waals surface area (Å²) in [6, 6.07) is 3.66. The molecule has 1 saturated heterocycles. The molecule has 0 aromatic heterocycles. The topological polar surface area (TPSA) is 101 Å². The second-order valence-corrected chi connectivity index (χ2v) is 7.09. The quantitative estimate of drug-likeness (QED) is 0.642. The molecule has 21 heavy (non-hydrogen) atoms. The Labute approximate surface area is 123 Å². The van der Waals surface area contributed by atoms with Gasteiger partial charge in [0.2, 0.25) is 10.0 Å². The van der Waals surface area contributed by atoms with Crippen LogP contribution in [-0.4, -0.2) is 32.5 Å². The maximum atomic E-state index is 12.5. The second kappa shape index (κ2) is 6.08. The average molecular weight is 313 g/mol. The van der Waals surface area contributed by atoms with Crippen LogP contribution in [0.4, 0.5) is 5.69 Å². The van der Waals surface area contributed by atoms with Crippen LogP contribution >= 0.6 is 0 Å². The molecule has 1 aliphatic rings. The van der Waals surface area contributed by atoms with Crippen LogP contribution in [0.3, 0.4) is 0 Å². The summed E-state index contributed by atoms with van der Waals surface area (Å²) in [5, 5.41) is 14.0. The number of sulfonamides is 1. The predicted octanol–water partition coefficient (Wildman–Crippen LogP) is 1.18. The summed E-state index contributed by atoms with van der Waals surface area (Å²) in [5.41, 5.74) is 0.264. The third-order valence-corrected chi connectivity index (χ3v) is 5.44. The minimum Gasteiger partial charge on any atom is -0.315 e. The Hall–Kier alpha value is -1.51. The Morgan fingerprint density at radius 1 is 1.43 bits per heavy atom. The number of aryl methyl sites for hydroxylation is 1. The number of nitro groups is 1. The molecule has 0 bridgehead atoms. The standard InChI is InChI=1S/C13H19N3O4S/c1-9-5-6-14-8-12(9)15-21(19,20)13-7-11(16(17)18)4-3-10(13)2/h3-4,7,9,12,14-15H,5-6,8H2,1-2H3. The highest BCUT2D eigenvalue weighted by molar-refractivity contribution is 7.89. The molecule has 8 heteroatoms. The van der Waals surface area contributed by atoms with Gasteiger partial charge in [-0.1, -0.05) is 13.0 Å². The summed E-state index contributed by atoms with van der Waals surface area (Å²) in [5.74, 6) is 0.222. The summed E-state index contributed by atoms with van der Waals surface area (Å²) < 4.78 is 27.6. The zero-order chi connectivity index (χ0) is 15.6. The van der Waals surface area contributed by atoms with Crippen molar-refractivity contribution >= 4 is 15.7 Å². The molecular formula is C13H19N3O4S. The smallest absolute Gasteiger partial charge is 0.270 e. The zero-order valence-corrected chi connectivity index (χ0v) is 12.8. The van der Waals surface area contributed by atoms with Crippen molar-refractivity contribution in [3.63, 3.8) is 0 Å². The summed E-state index contributed by atoms with van der Waals surface area (Å²) in [6.45, 7) is 5.05. The molecule has 0 aliphatic carbocycles. The number of nitrogens with zero attached hydrogens (tertiary/aromatic N) is 1. The summed E-state index contributed by atoms with van der Waals surface area (Å²) in [6.07, 6.45) is 0.890. The third kappa shape index (κ3) is 3.58. The van der Waals surface area contributed by atoms with Crippen molar-refractivity contribution < 1.29 is 13.3 Å². The Balaban J connectivity index is 2.30. The average Bonchev–Trinajstić information content (AvgIpc) is 2.41. The van der Waals surface area contributed by atoms with E-state index in [1.807, 2.05) is 6.92 Å². The molecular weight excluding hydrogens is 294 g/mol. The third-order valence-electron chi connectivity index (χ3n) is 3.81. The number of hydrogen-bond acceptors (Lipinski definition) is 5. The van der Waals surface area contributed by atoms with Crippen LogP contribution in [-0.2, 0) is 10.0 Å². The highest BCUT2D eigenvalue weighted by atomic mass is 32.2. The van der Waals surface area contributed by atoms with Gasteiger partial charge in [-0.05, 0) is 31.4 Å². The van der Waals surface area contributed by atoms with Crippen molar-refractivity contribution in [1.29, 1.82) is 0 Å². The minimum atomic E-state index is -3.77. The molecule has 2 rings (SSSR count). The molecule has 7 nitrogen and oxygen atoms in total. The number of nitro benzene ring substituents is 1. The largest absolute Gasteiger partial charge is 0.315 e. The van der Waals surface area contributed by atoms with E-state index in [2.05, 4.69) is 10.0 Å². The zero-order valence-electron chi connectivity index (χ0n) is 12.0. The molecule has 1 aliphatic heterocycles. The van der Waals surface area contributed by atoms with Crippen molar-refractivity contribution in [2.24, 2.45) is 5.92 Å². The lowest BCUT2D eigenvalue weighted by atomic mass is 9.96. The number of benzene rings is 1. The van der Waals surface area contributed by atoms with Crippen LogP contribution in [0.15, 0.2) is 23.1 Å². The molecule has 0 radical (unpaired) electrons. The van der Waals surface area contributed by atoms with Gasteiger partial charge in [-0.2, -0.15) is 0 Å². The van der Waals surface area contributed by atoms with Crippen molar-refractivity contribution in [3.05, 3.63) is 33.9 Å². The molecule has 1 aromatic rings. The lowest BCUT2D eigenvalue weighted by molar-refractivity contribution is -0.385. The van der Waals surface area contributed by atoms with E-state index in [4.69, 9.17) is 0 Å². The molecule has 0 amide bonds. The van der Waals surface area contributed by atoms with Gasteiger partial charge in [0.1, 0.15) is 0 Å². The maximum Gasteiger partial charge on any atom is 0.270 e. The molecule has 0 spiro atoms. The van der Waals surface area contributed by atoms with Crippen LogP contribution in [0.2, 0.25) is 0 Å². The first-order valence-electron chi connectivity index (χ1n) is 6.79. The number of rotatable bonds is 4. The molecule has 2 atom stereocenters. The summed E-state index contributed by atoms with van der Waals surface area (Å²) in [7, 11) is -3.77. The molecule has 0 saturated carbocycles. The monoisotopic (exact) mass is 313 g/mol. The second-order valence-electron chi connectivity index (χ2n) is 5.40. The van der Waals surface area contributed by atoms with Crippen molar-refractivity contribution in [2.45, 2.75) is 31.2 Å². The van der Waals surface area contributed by atoms with Gasteiger partial charge in [-0.3, -0.25) is 10.1 Å². The lowest BCUT2D eigenvalue weighted by Crippen LogP contribution is -2.50. The van der Waals surface area contributed by atoms with Crippen molar-refractivity contribution in [3.8, 4) is 0 Å². The highest BCUT2D eigenvalue weighted by Gasteiger charge is 2.28. The number of piperidine rings is 1. The Morgan fingerprint density at radius 2 is 2.14 bits per heavy atom. The van der Waals surface area contributed by atoms with Gasteiger partial charge in [0.15, 0.2) is 0 Å². The first-order valence-corrected chi connectivity index (χ1v) is 8.27. The Bertz CT molecular complexity index is 645. The SMILES string of the molecule is Cc1ccc([N+](=O)[O-])cc1S(=O)(=O)NC1CNCCC1C. The predicted molar refractivity (Wildman–Crippen MR) is 78.6 cm³/mol. The first-order chi connectivity index (χ1) is 9.81. The fraction of sp³-hybridized carbons (Fsp3) is 0.538. The van der Waals surface area contributed by atoms with Crippen LogP contribution in [0.25, 0.3) is 0 Å². The van der Waals surface area contributed by atoms with E-state index in [1.54, 1.807) is 6.92 Å². The van der Waals surface area contributed by atoms with E-state index >= 15 is 0 Å². The van der Waals surface area contributed by atoms with E-state index < -0.39 is 14.9 Å². The lowest BCUT2D eigenvalue weighted by Gasteiger charge is -2.30. The molecule has 116 valence electrons. The molecule has 2 unspecified atom stereocenters. The normalized spacial score (nSPS) is 23.0. The summed E-state index contributed by atoms with van der Waals surface area (Å²) >= 11 is 0. The van der Waals surface area contributed by atoms with Crippen LogP contribution in [0.1, 0.15) is 18.9 Å².